The Balaban J connectivity index is 1.55. The number of rotatable bonds is 9. The van der Waals surface area contributed by atoms with E-state index in [2.05, 4.69) is 22.3 Å². The van der Waals surface area contributed by atoms with Crippen molar-refractivity contribution in [1.82, 2.24) is 10.2 Å². The number of hydrogen-bond donors (Lipinski definition) is 1. The average molecular weight is 494 g/mol. The molecule has 1 aliphatic rings. The van der Waals surface area contributed by atoms with Crippen molar-refractivity contribution in [3.63, 3.8) is 0 Å². The highest BCUT2D eigenvalue weighted by Gasteiger charge is 2.31. The summed E-state index contributed by atoms with van der Waals surface area (Å²) in [6.07, 6.45) is 1.43. The molecule has 0 unspecified atom stereocenters. The van der Waals surface area contributed by atoms with E-state index in [9.17, 15) is 13.2 Å². The van der Waals surface area contributed by atoms with E-state index in [1.165, 1.54) is 35.2 Å². The lowest BCUT2D eigenvalue weighted by molar-refractivity contribution is 0.0938. The molecule has 7 nitrogen and oxygen atoms in total. The molecular weight excluding hydrogens is 462 g/mol. The quantitative estimate of drug-likeness (QED) is 0.495. The van der Waals surface area contributed by atoms with Gasteiger partial charge in [0.1, 0.15) is 5.75 Å². The smallest absolute Gasteiger partial charge is 0.264 e. The molecule has 3 aromatic rings. The van der Waals surface area contributed by atoms with Gasteiger partial charge in [0, 0.05) is 19.1 Å². The summed E-state index contributed by atoms with van der Waals surface area (Å²) in [5.74, 6) is -0.0478. The first-order chi connectivity index (χ1) is 16.8. The standard InChI is InChI=1S/C27H31N3O4S/c1-29(2)22(17-20-9-5-4-6-10-20)19-28-27(31)24-18-23(13-14-26(24)34-3)35(32,33)30-16-15-21-11-7-8-12-25(21)30/h4-14,18,22H,15-17,19H2,1-3H3,(H,28,31)/t22-/m1/s1. The highest BCUT2D eigenvalue weighted by Crippen LogP contribution is 2.34. The van der Waals surface area contributed by atoms with Gasteiger partial charge in [0.2, 0.25) is 0 Å². The van der Waals surface area contributed by atoms with Crippen molar-refractivity contribution in [2.45, 2.75) is 23.8 Å². The Morgan fingerprint density at radius 3 is 2.49 bits per heavy atom. The van der Waals surface area contributed by atoms with Crippen molar-refractivity contribution in [1.29, 1.82) is 0 Å². The third-order valence-electron chi connectivity index (χ3n) is 6.39. The number of para-hydroxylation sites is 1. The molecule has 0 spiro atoms. The number of carbonyl (C=O) groups excluding carboxylic acids is 1. The Hall–Kier alpha value is -3.36. The second-order valence-electron chi connectivity index (χ2n) is 8.84. The van der Waals surface area contributed by atoms with Crippen molar-refractivity contribution >= 4 is 21.6 Å². The number of likely N-dealkylation sites (N-methyl/N-ethyl adjacent to an activating group) is 1. The maximum Gasteiger partial charge on any atom is 0.264 e. The third kappa shape index (κ3) is 5.33. The molecule has 3 aromatic carbocycles. The van der Waals surface area contributed by atoms with E-state index in [4.69, 9.17) is 4.74 Å². The van der Waals surface area contributed by atoms with Crippen LogP contribution in [0.3, 0.4) is 0 Å². The van der Waals surface area contributed by atoms with Crippen molar-refractivity contribution in [2.24, 2.45) is 0 Å². The fourth-order valence-electron chi connectivity index (χ4n) is 4.34. The van der Waals surface area contributed by atoms with E-state index in [1.54, 1.807) is 0 Å². The molecule has 8 heteroatoms. The number of methoxy groups -OCH3 is 1. The van der Waals surface area contributed by atoms with Gasteiger partial charge in [0.05, 0.1) is 23.3 Å². The fourth-order valence-corrected chi connectivity index (χ4v) is 5.87. The van der Waals surface area contributed by atoms with Gasteiger partial charge in [-0.1, -0.05) is 48.5 Å². The van der Waals surface area contributed by atoms with Gasteiger partial charge in [-0.3, -0.25) is 9.10 Å². The van der Waals surface area contributed by atoms with Crippen LogP contribution in [0, 0.1) is 0 Å². The Morgan fingerprint density at radius 1 is 1.06 bits per heavy atom. The Labute approximate surface area is 207 Å². The van der Waals surface area contributed by atoms with Crippen LogP contribution in [-0.2, 0) is 22.9 Å². The van der Waals surface area contributed by atoms with Crippen LogP contribution in [0.4, 0.5) is 5.69 Å². The van der Waals surface area contributed by atoms with Crippen LogP contribution in [0.25, 0.3) is 0 Å². The SMILES string of the molecule is COc1ccc(S(=O)(=O)N2CCc3ccccc32)cc1C(=O)NC[C@@H](Cc1ccccc1)N(C)C. The van der Waals surface area contributed by atoms with Crippen molar-refractivity contribution < 1.29 is 17.9 Å². The number of ether oxygens (including phenoxy) is 1. The van der Waals surface area contributed by atoms with Gasteiger partial charge in [-0.05, 0) is 62.3 Å². The van der Waals surface area contributed by atoms with E-state index >= 15 is 0 Å². The highest BCUT2D eigenvalue weighted by atomic mass is 32.2. The summed E-state index contributed by atoms with van der Waals surface area (Å²) in [5, 5.41) is 2.97. The zero-order valence-electron chi connectivity index (χ0n) is 20.3. The third-order valence-corrected chi connectivity index (χ3v) is 8.20. The molecule has 1 heterocycles. The van der Waals surface area contributed by atoms with Gasteiger partial charge in [-0.15, -0.1) is 0 Å². The molecule has 1 aliphatic heterocycles. The monoisotopic (exact) mass is 493 g/mol. The normalized spacial score (nSPS) is 14.0. The van der Waals surface area contributed by atoms with Crippen LogP contribution in [0.5, 0.6) is 5.75 Å². The minimum absolute atomic E-state index is 0.0635. The van der Waals surface area contributed by atoms with Crippen LogP contribution in [0.1, 0.15) is 21.5 Å². The van der Waals surface area contributed by atoms with Crippen molar-refractivity contribution in [3.05, 3.63) is 89.5 Å². The molecule has 0 saturated carbocycles. The Kier molecular flexibility index (Phi) is 7.42. The van der Waals surface area contributed by atoms with E-state index in [0.717, 1.165) is 12.0 Å². The molecule has 1 atom stereocenters. The molecule has 184 valence electrons. The minimum atomic E-state index is -3.83. The summed E-state index contributed by atoms with van der Waals surface area (Å²) in [5.41, 5.74) is 3.05. The molecule has 1 N–H and O–H groups in total. The second-order valence-corrected chi connectivity index (χ2v) is 10.7. The summed E-state index contributed by atoms with van der Waals surface area (Å²) < 4.78 is 33.8. The number of fused-ring (bicyclic) bond motifs is 1. The molecule has 0 saturated heterocycles. The number of benzene rings is 3. The van der Waals surface area contributed by atoms with Crippen LogP contribution in [-0.4, -0.2) is 59.6 Å². The first-order valence-electron chi connectivity index (χ1n) is 11.6. The average Bonchev–Trinajstić information content (AvgIpc) is 3.31. The summed E-state index contributed by atoms with van der Waals surface area (Å²) in [7, 11) is 1.59. The molecular formula is C27H31N3O4S. The van der Waals surface area contributed by atoms with E-state index in [1.807, 2.05) is 56.6 Å². The summed E-state index contributed by atoms with van der Waals surface area (Å²) in [6.45, 7) is 0.777. The lowest BCUT2D eigenvalue weighted by atomic mass is 10.0. The zero-order chi connectivity index (χ0) is 25.0. The first-order valence-corrected chi connectivity index (χ1v) is 13.0. The van der Waals surface area contributed by atoms with Crippen LogP contribution < -0.4 is 14.4 Å². The summed E-state index contributed by atoms with van der Waals surface area (Å²) in [4.78, 5) is 15.3. The number of sulfonamides is 1. The predicted octanol–water partition coefficient (Wildman–Crippen LogP) is 3.35. The second kappa shape index (κ2) is 10.5. The number of nitrogens with one attached hydrogen (secondary N) is 1. The number of nitrogens with zero attached hydrogens (tertiary/aromatic N) is 2. The maximum absolute atomic E-state index is 13.5. The van der Waals surface area contributed by atoms with Gasteiger partial charge >= 0.3 is 0 Å². The largest absolute Gasteiger partial charge is 0.496 e. The number of anilines is 1. The van der Waals surface area contributed by atoms with Gasteiger partial charge in [-0.2, -0.15) is 0 Å². The molecule has 0 bridgehead atoms. The summed E-state index contributed by atoms with van der Waals surface area (Å²) >= 11 is 0. The van der Waals surface area contributed by atoms with Gasteiger partial charge < -0.3 is 15.0 Å². The number of hydrogen-bond acceptors (Lipinski definition) is 5. The van der Waals surface area contributed by atoms with Crippen molar-refractivity contribution in [2.75, 3.05) is 38.6 Å². The van der Waals surface area contributed by atoms with Gasteiger partial charge in [0.25, 0.3) is 15.9 Å². The van der Waals surface area contributed by atoms with Gasteiger partial charge in [-0.25, -0.2) is 8.42 Å². The molecule has 0 aliphatic carbocycles. The predicted molar refractivity (Wildman–Crippen MR) is 138 cm³/mol. The maximum atomic E-state index is 13.5. The lowest BCUT2D eigenvalue weighted by Gasteiger charge is -2.25. The first kappa shape index (κ1) is 24.8. The molecule has 35 heavy (non-hydrogen) atoms. The van der Waals surface area contributed by atoms with Crippen LogP contribution >= 0.6 is 0 Å². The molecule has 0 aromatic heterocycles. The molecule has 4 rings (SSSR count). The Bertz CT molecular complexity index is 1290. The van der Waals surface area contributed by atoms with Crippen LogP contribution in [0.2, 0.25) is 0 Å². The van der Waals surface area contributed by atoms with Crippen molar-refractivity contribution in [3.8, 4) is 5.75 Å². The van der Waals surface area contributed by atoms with Gasteiger partial charge in [0.15, 0.2) is 0 Å². The van der Waals surface area contributed by atoms with E-state index < -0.39 is 10.0 Å². The number of amides is 1. The lowest BCUT2D eigenvalue weighted by Crippen LogP contribution is -2.41. The molecule has 0 fully saturated rings. The fraction of sp³-hybridized carbons (Fsp3) is 0.296. The van der Waals surface area contributed by atoms with E-state index in [-0.39, 0.29) is 22.4 Å². The van der Waals surface area contributed by atoms with E-state index in [0.29, 0.717) is 30.9 Å². The topological polar surface area (TPSA) is 79.0 Å². The molecule has 0 radical (unpaired) electrons. The number of carbonyl (C=O) groups is 1. The minimum Gasteiger partial charge on any atom is -0.496 e. The molecule has 1 amide bonds. The zero-order valence-corrected chi connectivity index (χ0v) is 21.1. The van der Waals surface area contributed by atoms with Crippen LogP contribution in [0.15, 0.2) is 77.7 Å². The highest BCUT2D eigenvalue weighted by molar-refractivity contribution is 7.92. The Morgan fingerprint density at radius 2 is 1.77 bits per heavy atom. The summed E-state index contributed by atoms with van der Waals surface area (Å²) in [6, 6.07) is 22.1.